The summed E-state index contributed by atoms with van der Waals surface area (Å²) in [6.45, 7) is 0.190. The van der Waals surface area contributed by atoms with Crippen molar-refractivity contribution in [2.24, 2.45) is 12.9 Å². The number of carbonyl (C=O) groups is 1. The zero-order valence-corrected chi connectivity index (χ0v) is 11.6. The topological polar surface area (TPSA) is 99.1 Å². The van der Waals surface area contributed by atoms with Crippen LogP contribution < -0.4 is 22.5 Å². The zero-order valence-electron chi connectivity index (χ0n) is 11.6. The van der Waals surface area contributed by atoms with E-state index in [9.17, 15) is 14.4 Å². The van der Waals surface area contributed by atoms with Crippen LogP contribution in [-0.2, 0) is 24.8 Å². The Bertz CT molecular complexity index is 759. The first-order valence-corrected chi connectivity index (χ1v) is 6.35. The minimum Gasteiger partial charge on any atom is -0.303 e. The third-order valence-electron chi connectivity index (χ3n) is 3.13. The monoisotopic (exact) mass is 288 g/mol. The smallest absolute Gasteiger partial charge is 0.303 e. The fraction of sp³-hybridized carbons (Fsp3) is 0.214. The summed E-state index contributed by atoms with van der Waals surface area (Å²) in [5.41, 5.74) is 2.96. The molecule has 0 aliphatic rings. The highest BCUT2D eigenvalue weighted by Gasteiger charge is 2.05. The largest absolute Gasteiger partial charge is 0.331 e. The second-order valence-corrected chi connectivity index (χ2v) is 4.69. The minimum atomic E-state index is -0.367. The minimum absolute atomic E-state index is 0.184. The summed E-state index contributed by atoms with van der Waals surface area (Å²) in [6, 6.07) is 8.43. The van der Waals surface area contributed by atoms with Crippen molar-refractivity contribution in [3.63, 3.8) is 0 Å². The highest BCUT2D eigenvalue weighted by Crippen LogP contribution is 2.05. The van der Waals surface area contributed by atoms with E-state index in [4.69, 9.17) is 5.84 Å². The summed E-state index contributed by atoms with van der Waals surface area (Å²) in [5, 5.41) is 0. The van der Waals surface area contributed by atoms with Crippen molar-refractivity contribution in [2.45, 2.75) is 13.0 Å². The van der Waals surface area contributed by atoms with Crippen LogP contribution in [0.1, 0.15) is 11.1 Å². The molecule has 2 aromatic rings. The van der Waals surface area contributed by atoms with Gasteiger partial charge >= 0.3 is 5.69 Å². The molecule has 7 heteroatoms. The summed E-state index contributed by atoms with van der Waals surface area (Å²) in [6.07, 6.45) is 1.62. The number of benzene rings is 1. The van der Waals surface area contributed by atoms with E-state index in [1.165, 1.54) is 16.8 Å². The molecule has 0 aliphatic carbocycles. The Morgan fingerprint density at radius 3 is 2.38 bits per heavy atom. The molecule has 1 aromatic carbocycles. The van der Waals surface area contributed by atoms with Gasteiger partial charge in [0.25, 0.3) is 5.56 Å². The third kappa shape index (κ3) is 3.46. The molecule has 3 N–H and O–H groups in total. The SMILES string of the molecule is Cn1ccc(=O)n(Cc2ccc(CC(=O)NN)cc2)c1=O. The molecule has 7 nitrogen and oxygen atoms in total. The quantitative estimate of drug-likeness (QED) is 0.434. The van der Waals surface area contributed by atoms with Crippen molar-refractivity contribution in [1.82, 2.24) is 14.6 Å². The van der Waals surface area contributed by atoms with E-state index in [0.717, 1.165) is 15.7 Å². The molecule has 0 spiro atoms. The lowest BCUT2D eigenvalue weighted by molar-refractivity contribution is -0.120. The number of aryl methyl sites for hydroxylation is 1. The van der Waals surface area contributed by atoms with Gasteiger partial charge in [-0.2, -0.15) is 0 Å². The van der Waals surface area contributed by atoms with Crippen molar-refractivity contribution in [3.8, 4) is 0 Å². The average molecular weight is 288 g/mol. The summed E-state index contributed by atoms with van der Waals surface area (Å²) in [7, 11) is 1.59. The molecule has 110 valence electrons. The van der Waals surface area contributed by atoms with E-state index >= 15 is 0 Å². The summed E-state index contributed by atoms with van der Waals surface area (Å²) in [4.78, 5) is 34.8. The number of nitrogens with two attached hydrogens (primary N) is 1. The third-order valence-corrected chi connectivity index (χ3v) is 3.13. The number of hydrogen-bond acceptors (Lipinski definition) is 4. The van der Waals surface area contributed by atoms with E-state index in [1.54, 1.807) is 31.3 Å². The maximum atomic E-state index is 11.9. The van der Waals surface area contributed by atoms with Crippen LogP contribution in [0.15, 0.2) is 46.1 Å². The van der Waals surface area contributed by atoms with Crippen molar-refractivity contribution in [2.75, 3.05) is 0 Å². The van der Waals surface area contributed by atoms with Crippen molar-refractivity contribution in [1.29, 1.82) is 0 Å². The predicted octanol–water partition coefficient (Wildman–Crippen LogP) is -0.872. The molecule has 1 aromatic heterocycles. The Hall–Kier alpha value is -2.67. The molecule has 0 saturated heterocycles. The van der Waals surface area contributed by atoms with Gasteiger partial charge in [-0.15, -0.1) is 0 Å². The van der Waals surface area contributed by atoms with Crippen LogP contribution in [0.5, 0.6) is 0 Å². The van der Waals surface area contributed by atoms with Gasteiger partial charge in [0.05, 0.1) is 13.0 Å². The molecular formula is C14H16N4O3. The Morgan fingerprint density at radius 1 is 1.14 bits per heavy atom. The lowest BCUT2D eigenvalue weighted by atomic mass is 10.1. The molecular weight excluding hydrogens is 272 g/mol. The second kappa shape index (κ2) is 6.19. The van der Waals surface area contributed by atoms with Crippen molar-refractivity contribution in [3.05, 3.63) is 68.5 Å². The summed E-state index contributed by atoms with van der Waals surface area (Å²) < 4.78 is 2.50. The molecule has 2 rings (SSSR count). The van der Waals surface area contributed by atoms with E-state index in [-0.39, 0.29) is 30.1 Å². The Balaban J connectivity index is 2.22. The van der Waals surface area contributed by atoms with Crippen LogP contribution in [0.4, 0.5) is 0 Å². The van der Waals surface area contributed by atoms with Crippen molar-refractivity contribution < 1.29 is 4.79 Å². The van der Waals surface area contributed by atoms with Gasteiger partial charge in [0.1, 0.15) is 0 Å². The summed E-state index contributed by atoms with van der Waals surface area (Å²) >= 11 is 0. The molecule has 0 aliphatic heterocycles. The maximum Gasteiger partial charge on any atom is 0.331 e. The number of hydrogen-bond donors (Lipinski definition) is 2. The summed E-state index contributed by atoms with van der Waals surface area (Å²) in [5.74, 6) is 4.74. The van der Waals surface area contributed by atoms with E-state index < -0.39 is 0 Å². The van der Waals surface area contributed by atoms with Crippen LogP contribution in [0.3, 0.4) is 0 Å². The highest BCUT2D eigenvalue weighted by molar-refractivity contribution is 5.77. The van der Waals surface area contributed by atoms with Gasteiger partial charge in [-0.3, -0.25) is 19.6 Å². The van der Waals surface area contributed by atoms with Gasteiger partial charge < -0.3 is 4.57 Å². The molecule has 0 saturated carbocycles. The van der Waals surface area contributed by atoms with Crippen LogP contribution in [0, 0.1) is 0 Å². The van der Waals surface area contributed by atoms with Crippen LogP contribution in [-0.4, -0.2) is 15.0 Å². The normalized spacial score (nSPS) is 10.4. The average Bonchev–Trinajstić information content (AvgIpc) is 2.49. The van der Waals surface area contributed by atoms with Crippen LogP contribution >= 0.6 is 0 Å². The van der Waals surface area contributed by atoms with Crippen LogP contribution in [0.2, 0.25) is 0 Å². The number of amides is 1. The Labute approximate surface area is 120 Å². The number of nitrogens with zero attached hydrogens (tertiary/aromatic N) is 2. The molecule has 1 heterocycles. The van der Waals surface area contributed by atoms with Crippen LogP contribution in [0.25, 0.3) is 0 Å². The predicted molar refractivity (Wildman–Crippen MR) is 77.5 cm³/mol. The van der Waals surface area contributed by atoms with E-state index in [1.807, 2.05) is 0 Å². The number of carbonyl (C=O) groups excluding carboxylic acids is 1. The maximum absolute atomic E-state index is 11.9. The van der Waals surface area contributed by atoms with E-state index in [0.29, 0.717) is 0 Å². The van der Waals surface area contributed by atoms with Gasteiger partial charge in [-0.1, -0.05) is 24.3 Å². The fourth-order valence-corrected chi connectivity index (χ4v) is 1.94. The highest BCUT2D eigenvalue weighted by atomic mass is 16.2. The molecule has 0 unspecified atom stereocenters. The lowest BCUT2D eigenvalue weighted by Gasteiger charge is -2.07. The van der Waals surface area contributed by atoms with Crippen molar-refractivity contribution >= 4 is 5.91 Å². The van der Waals surface area contributed by atoms with Gasteiger partial charge in [-0.25, -0.2) is 10.6 Å². The first kappa shape index (κ1) is 14.7. The molecule has 0 fully saturated rings. The van der Waals surface area contributed by atoms with Gasteiger partial charge in [0.2, 0.25) is 5.91 Å². The van der Waals surface area contributed by atoms with Gasteiger partial charge in [-0.05, 0) is 11.1 Å². The number of hydrazine groups is 1. The fourth-order valence-electron chi connectivity index (χ4n) is 1.94. The lowest BCUT2D eigenvalue weighted by Crippen LogP contribution is -2.38. The molecule has 21 heavy (non-hydrogen) atoms. The zero-order chi connectivity index (χ0) is 15.4. The molecule has 0 radical (unpaired) electrons. The van der Waals surface area contributed by atoms with Gasteiger partial charge in [0.15, 0.2) is 0 Å². The Kier molecular flexibility index (Phi) is 4.34. The first-order chi connectivity index (χ1) is 10.0. The molecule has 1 amide bonds. The second-order valence-electron chi connectivity index (χ2n) is 4.69. The van der Waals surface area contributed by atoms with Gasteiger partial charge in [0, 0.05) is 19.3 Å². The number of aromatic nitrogens is 2. The van der Waals surface area contributed by atoms with E-state index in [2.05, 4.69) is 5.43 Å². The first-order valence-electron chi connectivity index (χ1n) is 6.35. The number of nitrogens with one attached hydrogen (secondary N) is 1. The molecule has 0 atom stereocenters. The molecule has 0 bridgehead atoms. The Morgan fingerprint density at radius 2 is 1.76 bits per heavy atom. The standard InChI is InChI=1S/C14H16N4O3/c1-17-7-6-13(20)18(14(17)21)9-11-4-2-10(3-5-11)8-12(19)16-15/h2-7H,8-9,15H2,1H3,(H,16,19). The number of rotatable bonds is 4.